The summed E-state index contributed by atoms with van der Waals surface area (Å²) < 4.78 is 0. The fraction of sp³-hybridized carbons (Fsp3) is 0.667. The third kappa shape index (κ3) is 4.94. The SMILES string of the molecule is CC1CCC(O)(CNCc2ccc([Si](C)(C)C)cc2)CC1. The molecule has 0 aliphatic heterocycles. The van der Waals surface area contributed by atoms with Crippen LogP contribution in [-0.2, 0) is 6.54 Å². The second kappa shape index (κ2) is 6.63. The van der Waals surface area contributed by atoms with Crippen molar-refractivity contribution < 1.29 is 5.11 Å². The summed E-state index contributed by atoms with van der Waals surface area (Å²) in [5.74, 6) is 0.777. The largest absolute Gasteiger partial charge is 0.389 e. The number of nitrogens with one attached hydrogen (secondary N) is 1. The maximum Gasteiger partial charge on any atom is 0.0775 e. The van der Waals surface area contributed by atoms with Gasteiger partial charge in [-0.05, 0) is 37.2 Å². The van der Waals surface area contributed by atoms with Crippen LogP contribution >= 0.6 is 0 Å². The van der Waals surface area contributed by atoms with Crippen LogP contribution in [0, 0.1) is 5.92 Å². The fourth-order valence-electron chi connectivity index (χ4n) is 3.04. The number of hydrogen-bond acceptors (Lipinski definition) is 2. The minimum absolute atomic E-state index is 0.481. The predicted molar refractivity (Wildman–Crippen MR) is 93.7 cm³/mol. The van der Waals surface area contributed by atoms with E-state index in [1.165, 1.54) is 10.8 Å². The second-order valence-corrected chi connectivity index (χ2v) is 13.0. The Balaban J connectivity index is 1.81. The van der Waals surface area contributed by atoms with Gasteiger partial charge >= 0.3 is 0 Å². The molecule has 1 aromatic carbocycles. The molecule has 1 aliphatic carbocycles. The maximum absolute atomic E-state index is 10.6. The molecule has 2 N–H and O–H groups in total. The molecule has 0 aromatic heterocycles. The minimum Gasteiger partial charge on any atom is -0.389 e. The summed E-state index contributed by atoms with van der Waals surface area (Å²) >= 11 is 0. The van der Waals surface area contributed by atoms with Crippen molar-refractivity contribution in [2.75, 3.05) is 6.54 Å². The highest BCUT2D eigenvalue weighted by Gasteiger charge is 2.31. The molecule has 21 heavy (non-hydrogen) atoms. The van der Waals surface area contributed by atoms with Crippen molar-refractivity contribution in [1.82, 2.24) is 5.32 Å². The van der Waals surface area contributed by atoms with Crippen molar-refractivity contribution in [2.24, 2.45) is 5.92 Å². The van der Waals surface area contributed by atoms with Crippen molar-refractivity contribution in [2.45, 2.75) is 64.4 Å². The first-order valence-corrected chi connectivity index (χ1v) is 11.8. The van der Waals surface area contributed by atoms with Gasteiger partial charge in [-0.2, -0.15) is 0 Å². The Labute approximate surface area is 131 Å². The molecule has 0 radical (unpaired) electrons. The summed E-state index contributed by atoms with van der Waals surface area (Å²) in [4.78, 5) is 0. The Hall–Kier alpha value is -0.643. The van der Waals surface area contributed by atoms with Crippen LogP contribution in [0.1, 0.15) is 38.2 Å². The monoisotopic (exact) mass is 305 g/mol. The molecule has 1 saturated carbocycles. The van der Waals surface area contributed by atoms with Gasteiger partial charge in [-0.1, -0.05) is 56.0 Å². The molecule has 0 amide bonds. The molecule has 1 aromatic rings. The van der Waals surface area contributed by atoms with Crippen LogP contribution in [-0.4, -0.2) is 25.3 Å². The highest BCUT2D eigenvalue weighted by Crippen LogP contribution is 2.31. The maximum atomic E-state index is 10.6. The second-order valence-electron chi connectivity index (χ2n) is 7.96. The summed E-state index contributed by atoms with van der Waals surface area (Å²) in [5, 5.41) is 15.5. The lowest BCUT2D eigenvalue weighted by atomic mass is 9.79. The number of benzene rings is 1. The van der Waals surface area contributed by atoms with E-state index < -0.39 is 13.7 Å². The van der Waals surface area contributed by atoms with Crippen molar-refractivity contribution in [3.05, 3.63) is 29.8 Å². The normalized spacial score (nSPS) is 26.8. The first-order chi connectivity index (χ1) is 9.78. The van der Waals surface area contributed by atoms with Crippen LogP contribution in [0.5, 0.6) is 0 Å². The number of aliphatic hydroxyl groups is 1. The quantitative estimate of drug-likeness (QED) is 0.818. The van der Waals surface area contributed by atoms with E-state index in [-0.39, 0.29) is 0 Å². The van der Waals surface area contributed by atoms with E-state index in [4.69, 9.17) is 0 Å². The average Bonchev–Trinajstić information content (AvgIpc) is 2.42. The molecule has 2 rings (SSSR count). The lowest BCUT2D eigenvalue weighted by Gasteiger charge is -2.35. The van der Waals surface area contributed by atoms with E-state index in [2.05, 4.69) is 56.1 Å². The van der Waals surface area contributed by atoms with Gasteiger partial charge in [-0.3, -0.25) is 0 Å². The standard InChI is InChI=1S/C18H31NOSi/c1-15-9-11-18(20,12-10-15)14-19-13-16-5-7-17(8-6-16)21(2,3)4/h5-8,15,19-20H,9-14H2,1-4H3. The van der Waals surface area contributed by atoms with Crippen LogP contribution < -0.4 is 10.5 Å². The van der Waals surface area contributed by atoms with Gasteiger partial charge in [0, 0.05) is 13.1 Å². The van der Waals surface area contributed by atoms with Crippen LogP contribution in [0.15, 0.2) is 24.3 Å². The topological polar surface area (TPSA) is 32.3 Å². The van der Waals surface area contributed by atoms with Crippen LogP contribution in [0.2, 0.25) is 19.6 Å². The third-order valence-corrected chi connectivity index (χ3v) is 6.87. The molecule has 0 unspecified atom stereocenters. The molecule has 2 nitrogen and oxygen atoms in total. The van der Waals surface area contributed by atoms with Crippen molar-refractivity contribution >= 4 is 13.3 Å². The molecule has 0 spiro atoms. The Bertz CT molecular complexity index is 441. The van der Waals surface area contributed by atoms with Crippen LogP contribution in [0.4, 0.5) is 0 Å². The first kappa shape index (κ1) is 16.7. The van der Waals surface area contributed by atoms with E-state index in [0.29, 0.717) is 0 Å². The molecule has 118 valence electrons. The molecule has 0 saturated heterocycles. The number of hydrogen-bond donors (Lipinski definition) is 2. The molecule has 0 atom stereocenters. The molecule has 1 fully saturated rings. The van der Waals surface area contributed by atoms with Gasteiger partial charge in [-0.15, -0.1) is 0 Å². The lowest BCUT2D eigenvalue weighted by molar-refractivity contribution is -0.00630. The molecular weight excluding hydrogens is 274 g/mol. The van der Waals surface area contributed by atoms with Gasteiger partial charge in [0.1, 0.15) is 0 Å². The van der Waals surface area contributed by atoms with E-state index in [1.807, 2.05) is 0 Å². The van der Waals surface area contributed by atoms with Gasteiger partial charge in [0.2, 0.25) is 0 Å². The summed E-state index contributed by atoms with van der Waals surface area (Å²) in [5.41, 5.74) is 0.829. The third-order valence-electron chi connectivity index (χ3n) is 4.81. The highest BCUT2D eigenvalue weighted by atomic mass is 28.3. The smallest absolute Gasteiger partial charge is 0.0775 e. The first-order valence-electron chi connectivity index (χ1n) is 8.31. The zero-order valence-corrected chi connectivity index (χ0v) is 15.1. The van der Waals surface area contributed by atoms with Crippen molar-refractivity contribution in [3.8, 4) is 0 Å². The Morgan fingerprint density at radius 1 is 1.14 bits per heavy atom. The van der Waals surface area contributed by atoms with E-state index in [0.717, 1.165) is 44.7 Å². The molecule has 0 heterocycles. The molecule has 0 bridgehead atoms. The zero-order valence-electron chi connectivity index (χ0n) is 14.1. The Morgan fingerprint density at radius 2 is 1.71 bits per heavy atom. The lowest BCUT2D eigenvalue weighted by Crippen LogP contribution is -2.43. The summed E-state index contributed by atoms with van der Waals surface area (Å²) in [7, 11) is -1.19. The Kier molecular flexibility index (Phi) is 5.28. The predicted octanol–water partition coefficient (Wildman–Crippen LogP) is 3.26. The summed E-state index contributed by atoms with van der Waals surface area (Å²) in [6, 6.07) is 9.02. The minimum atomic E-state index is -1.19. The molecule has 1 aliphatic rings. The fourth-order valence-corrected chi connectivity index (χ4v) is 4.21. The zero-order chi connectivity index (χ0) is 15.5. The van der Waals surface area contributed by atoms with Crippen molar-refractivity contribution in [3.63, 3.8) is 0 Å². The molecule has 3 heteroatoms. The van der Waals surface area contributed by atoms with E-state index in [1.54, 1.807) is 0 Å². The van der Waals surface area contributed by atoms with Gasteiger partial charge in [-0.25, -0.2) is 0 Å². The van der Waals surface area contributed by atoms with E-state index in [9.17, 15) is 5.11 Å². The van der Waals surface area contributed by atoms with Crippen LogP contribution in [0.3, 0.4) is 0 Å². The van der Waals surface area contributed by atoms with Crippen LogP contribution in [0.25, 0.3) is 0 Å². The van der Waals surface area contributed by atoms with Gasteiger partial charge < -0.3 is 10.4 Å². The molecular formula is C18H31NOSi. The average molecular weight is 306 g/mol. The van der Waals surface area contributed by atoms with E-state index >= 15 is 0 Å². The number of rotatable bonds is 5. The highest BCUT2D eigenvalue weighted by molar-refractivity contribution is 6.88. The summed E-state index contributed by atoms with van der Waals surface area (Å²) in [6.07, 6.45) is 4.19. The van der Waals surface area contributed by atoms with Crippen molar-refractivity contribution in [1.29, 1.82) is 0 Å². The van der Waals surface area contributed by atoms with Gasteiger partial charge in [0.05, 0.1) is 13.7 Å². The van der Waals surface area contributed by atoms with Gasteiger partial charge in [0.25, 0.3) is 0 Å². The van der Waals surface area contributed by atoms with Gasteiger partial charge in [0.15, 0.2) is 0 Å². The Morgan fingerprint density at radius 3 is 2.24 bits per heavy atom. The summed E-state index contributed by atoms with van der Waals surface area (Å²) in [6.45, 7) is 11.0.